The van der Waals surface area contributed by atoms with E-state index in [0.717, 1.165) is 18.9 Å². The number of piperidine rings is 1. The Morgan fingerprint density at radius 1 is 1.17 bits per heavy atom. The second kappa shape index (κ2) is 7.20. The molecule has 0 unspecified atom stereocenters. The van der Waals surface area contributed by atoms with Crippen LogP contribution in [0.2, 0.25) is 0 Å². The van der Waals surface area contributed by atoms with E-state index in [2.05, 4.69) is 14.9 Å². The highest BCUT2D eigenvalue weighted by Gasteiger charge is 2.34. The molecule has 3 rings (SSSR count). The third kappa shape index (κ3) is 3.79. The summed E-state index contributed by atoms with van der Waals surface area (Å²) in [6.07, 6.45) is 5.63. The van der Waals surface area contributed by atoms with Crippen molar-refractivity contribution >= 4 is 16.0 Å². The smallest absolute Gasteiger partial charge is 0.281 e. The average Bonchev–Trinajstić information content (AvgIpc) is 3.05. The Hall–Kier alpha value is -1.45. The Labute approximate surface area is 143 Å². The van der Waals surface area contributed by atoms with Crippen molar-refractivity contribution in [3.63, 3.8) is 0 Å². The van der Waals surface area contributed by atoms with Gasteiger partial charge in [-0.3, -0.25) is 0 Å². The van der Waals surface area contributed by atoms with Gasteiger partial charge in [0.1, 0.15) is 18.2 Å². The molecule has 0 radical (unpaired) electrons. The highest BCUT2D eigenvalue weighted by atomic mass is 32.2. The first kappa shape index (κ1) is 17.4. The molecule has 2 fully saturated rings. The van der Waals surface area contributed by atoms with Crippen molar-refractivity contribution in [2.75, 3.05) is 45.2 Å². The lowest BCUT2D eigenvalue weighted by Gasteiger charge is -2.27. The van der Waals surface area contributed by atoms with Gasteiger partial charge >= 0.3 is 0 Å². The molecule has 8 nitrogen and oxygen atoms in total. The molecule has 3 heterocycles. The van der Waals surface area contributed by atoms with Gasteiger partial charge in [0, 0.05) is 39.8 Å². The molecule has 0 amide bonds. The number of hydrogen-bond donors (Lipinski definition) is 0. The fourth-order valence-corrected chi connectivity index (χ4v) is 4.25. The molecule has 0 aliphatic carbocycles. The third-order valence-corrected chi connectivity index (χ3v) is 6.40. The summed E-state index contributed by atoms with van der Waals surface area (Å²) in [5, 5.41) is 0. The molecule has 1 aromatic rings. The van der Waals surface area contributed by atoms with E-state index in [1.54, 1.807) is 14.1 Å². The third-order valence-electron chi connectivity index (χ3n) is 4.49. The molecule has 1 aromatic heterocycles. The summed E-state index contributed by atoms with van der Waals surface area (Å²) in [7, 11) is -0.300. The first-order valence-electron chi connectivity index (χ1n) is 8.38. The van der Waals surface area contributed by atoms with Gasteiger partial charge in [-0.1, -0.05) is 0 Å². The van der Waals surface area contributed by atoms with Crippen LogP contribution in [-0.2, 0) is 10.2 Å². The Kier molecular flexibility index (Phi) is 5.21. The van der Waals surface area contributed by atoms with Gasteiger partial charge < -0.3 is 9.64 Å². The minimum Gasteiger partial charge on any atom is -0.473 e. The number of rotatable bonds is 5. The van der Waals surface area contributed by atoms with E-state index >= 15 is 0 Å². The van der Waals surface area contributed by atoms with Crippen molar-refractivity contribution in [2.24, 2.45) is 0 Å². The van der Waals surface area contributed by atoms with Crippen LogP contribution in [0.5, 0.6) is 5.88 Å². The van der Waals surface area contributed by atoms with Gasteiger partial charge in [0.05, 0.1) is 6.54 Å². The molecule has 0 N–H and O–H groups in total. The van der Waals surface area contributed by atoms with E-state index in [1.165, 1.54) is 34.2 Å². The number of ether oxygens (including phenoxy) is 1. The van der Waals surface area contributed by atoms with E-state index in [0.29, 0.717) is 25.4 Å². The van der Waals surface area contributed by atoms with Crippen LogP contribution in [0, 0.1) is 0 Å². The lowest BCUT2D eigenvalue weighted by atomic mass is 10.1. The summed E-state index contributed by atoms with van der Waals surface area (Å²) in [6.45, 7) is 2.84. The maximum atomic E-state index is 12.2. The molecule has 0 saturated carbocycles. The number of anilines is 1. The minimum atomic E-state index is -3.38. The number of nitrogens with zero attached hydrogens (tertiary/aromatic N) is 5. The molecule has 0 spiro atoms. The van der Waals surface area contributed by atoms with Gasteiger partial charge in [-0.05, 0) is 25.7 Å². The SMILES string of the molecule is CN(C)S(=O)(=O)N1CC[C@@H](Oc2cc(N3CCCCC3)ncn2)C1. The molecule has 134 valence electrons. The van der Waals surface area contributed by atoms with Gasteiger partial charge in [0.15, 0.2) is 0 Å². The molecule has 9 heteroatoms. The lowest BCUT2D eigenvalue weighted by Crippen LogP contribution is -2.39. The quantitative estimate of drug-likeness (QED) is 0.775. The van der Waals surface area contributed by atoms with E-state index in [9.17, 15) is 8.42 Å². The fraction of sp³-hybridized carbons (Fsp3) is 0.733. The summed E-state index contributed by atoms with van der Waals surface area (Å²) >= 11 is 0. The Morgan fingerprint density at radius 3 is 2.62 bits per heavy atom. The Balaban J connectivity index is 1.63. The van der Waals surface area contributed by atoms with E-state index in [1.807, 2.05) is 6.07 Å². The maximum absolute atomic E-state index is 12.2. The second-order valence-electron chi connectivity index (χ2n) is 6.44. The summed E-state index contributed by atoms with van der Waals surface area (Å²) in [5.41, 5.74) is 0. The van der Waals surface area contributed by atoms with Crippen molar-refractivity contribution in [3.8, 4) is 5.88 Å². The molecule has 0 aromatic carbocycles. The highest BCUT2D eigenvalue weighted by Crippen LogP contribution is 2.23. The first-order valence-corrected chi connectivity index (χ1v) is 9.78. The normalized spacial score (nSPS) is 23.0. The van der Waals surface area contributed by atoms with Crippen LogP contribution < -0.4 is 9.64 Å². The molecular formula is C15H25N5O3S. The van der Waals surface area contributed by atoms with Crippen LogP contribution in [0.15, 0.2) is 12.4 Å². The zero-order chi connectivity index (χ0) is 17.2. The van der Waals surface area contributed by atoms with Crippen molar-refractivity contribution < 1.29 is 13.2 Å². The summed E-state index contributed by atoms with van der Waals surface area (Å²) in [6, 6.07) is 1.86. The van der Waals surface area contributed by atoms with Crippen LogP contribution in [0.4, 0.5) is 5.82 Å². The van der Waals surface area contributed by atoms with Gasteiger partial charge in [0.25, 0.3) is 10.2 Å². The molecule has 0 bridgehead atoms. The highest BCUT2D eigenvalue weighted by molar-refractivity contribution is 7.86. The number of aromatic nitrogens is 2. The summed E-state index contributed by atoms with van der Waals surface area (Å²) < 4.78 is 32.9. The topological polar surface area (TPSA) is 78.9 Å². The molecule has 24 heavy (non-hydrogen) atoms. The largest absolute Gasteiger partial charge is 0.473 e. The van der Waals surface area contributed by atoms with Crippen molar-refractivity contribution in [1.29, 1.82) is 0 Å². The van der Waals surface area contributed by atoms with Crippen molar-refractivity contribution in [2.45, 2.75) is 31.8 Å². The van der Waals surface area contributed by atoms with Gasteiger partial charge in [-0.25, -0.2) is 9.97 Å². The predicted molar refractivity (Wildman–Crippen MR) is 91.3 cm³/mol. The number of hydrogen-bond acceptors (Lipinski definition) is 6. The van der Waals surface area contributed by atoms with Crippen molar-refractivity contribution in [1.82, 2.24) is 18.6 Å². The zero-order valence-electron chi connectivity index (χ0n) is 14.3. The zero-order valence-corrected chi connectivity index (χ0v) is 15.1. The van der Waals surface area contributed by atoms with Gasteiger partial charge in [-0.2, -0.15) is 17.0 Å². The lowest BCUT2D eigenvalue weighted by molar-refractivity contribution is 0.205. The van der Waals surface area contributed by atoms with Crippen LogP contribution in [0.1, 0.15) is 25.7 Å². The monoisotopic (exact) mass is 355 g/mol. The van der Waals surface area contributed by atoms with Crippen molar-refractivity contribution in [3.05, 3.63) is 12.4 Å². The van der Waals surface area contributed by atoms with E-state index in [-0.39, 0.29) is 6.10 Å². The van der Waals surface area contributed by atoms with Crippen LogP contribution in [0.3, 0.4) is 0 Å². The maximum Gasteiger partial charge on any atom is 0.281 e. The van der Waals surface area contributed by atoms with E-state index in [4.69, 9.17) is 4.74 Å². The summed E-state index contributed by atoms with van der Waals surface area (Å²) in [5.74, 6) is 1.40. The Bertz CT molecular complexity index is 661. The first-order chi connectivity index (χ1) is 11.5. The average molecular weight is 355 g/mol. The second-order valence-corrected chi connectivity index (χ2v) is 8.58. The Morgan fingerprint density at radius 2 is 1.92 bits per heavy atom. The minimum absolute atomic E-state index is 0.177. The molecule has 2 aliphatic rings. The molecule has 2 saturated heterocycles. The van der Waals surface area contributed by atoms with Gasteiger partial charge in [0.2, 0.25) is 5.88 Å². The standard InChI is InChI=1S/C15H25N5O3S/c1-18(2)24(21,22)20-9-6-13(11-20)23-15-10-14(16-12-17-15)19-7-4-3-5-8-19/h10,12-13H,3-9,11H2,1-2H3/t13-/m1/s1. The van der Waals surface area contributed by atoms with Gasteiger partial charge in [-0.15, -0.1) is 0 Å². The molecular weight excluding hydrogens is 330 g/mol. The van der Waals surface area contributed by atoms with Crippen LogP contribution in [-0.4, -0.2) is 73.4 Å². The van der Waals surface area contributed by atoms with E-state index < -0.39 is 10.2 Å². The van der Waals surface area contributed by atoms with Crippen LogP contribution in [0.25, 0.3) is 0 Å². The fourth-order valence-electron chi connectivity index (χ4n) is 3.10. The molecule has 1 atom stereocenters. The van der Waals surface area contributed by atoms with Crippen LogP contribution >= 0.6 is 0 Å². The summed E-state index contributed by atoms with van der Waals surface area (Å²) in [4.78, 5) is 10.8. The molecule has 2 aliphatic heterocycles. The predicted octanol–water partition coefficient (Wildman–Crippen LogP) is 0.726.